The number of fused-ring (bicyclic) bond motifs is 1. The third-order valence-corrected chi connectivity index (χ3v) is 6.62. The normalized spacial score (nSPS) is 12.4. The molecule has 182 valence electrons. The highest BCUT2D eigenvalue weighted by atomic mass is 32.1. The van der Waals surface area contributed by atoms with Gasteiger partial charge in [-0.3, -0.25) is 4.79 Å². The fraction of sp³-hybridized carbons (Fsp3) is 0.276. The van der Waals surface area contributed by atoms with Crippen molar-refractivity contribution in [1.29, 1.82) is 0 Å². The SMILES string of the molecule is COc1ccc(-c2sc3cc(OC)ccc3c2C(=O)c2ccc(OC(C)OC(C)(C)C)cc2)cc1. The van der Waals surface area contributed by atoms with Gasteiger partial charge in [0, 0.05) is 26.1 Å². The molecule has 1 atom stereocenters. The quantitative estimate of drug-likeness (QED) is 0.191. The van der Waals surface area contributed by atoms with E-state index >= 15 is 0 Å². The van der Waals surface area contributed by atoms with Gasteiger partial charge in [0.2, 0.25) is 0 Å². The van der Waals surface area contributed by atoms with Gasteiger partial charge in [-0.2, -0.15) is 0 Å². The minimum atomic E-state index is -0.408. The van der Waals surface area contributed by atoms with E-state index < -0.39 is 6.29 Å². The molecule has 0 saturated carbocycles. The Balaban J connectivity index is 1.70. The number of ketones is 1. The molecule has 6 heteroatoms. The van der Waals surface area contributed by atoms with Crippen molar-refractivity contribution >= 4 is 27.2 Å². The lowest BCUT2D eigenvalue weighted by Crippen LogP contribution is -2.29. The molecule has 0 spiro atoms. The number of hydrogen-bond donors (Lipinski definition) is 0. The van der Waals surface area contributed by atoms with Crippen LogP contribution in [0.2, 0.25) is 0 Å². The highest BCUT2D eigenvalue weighted by molar-refractivity contribution is 7.22. The molecule has 3 aromatic carbocycles. The first-order chi connectivity index (χ1) is 16.7. The Morgan fingerprint density at radius 3 is 2.03 bits per heavy atom. The highest BCUT2D eigenvalue weighted by Crippen LogP contribution is 2.41. The van der Waals surface area contributed by atoms with Crippen molar-refractivity contribution in [2.45, 2.75) is 39.6 Å². The maximum absolute atomic E-state index is 13.8. The summed E-state index contributed by atoms with van der Waals surface area (Å²) < 4.78 is 23.4. The lowest BCUT2D eigenvalue weighted by atomic mass is 9.97. The zero-order valence-electron chi connectivity index (χ0n) is 20.9. The Labute approximate surface area is 210 Å². The average molecular weight is 491 g/mol. The van der Waals surface area contributed by atoms with Crippen LogP contribution in [0.1, 0.15) is 43.6 Å². The second-order valence-electron chi connectivity index (χ2n) is 9.17. The van der Waals surface area contributed by atoms with Crippen molar-refractivity contribution in [3.8, 4) is 27.7 Å². The van der Waals surface area contributed by atoms with Gasteiger partial charge in [0.15, 0.2) is 12.1 Å². The summed E-state index contributed by atoms with van der Waals surface area (Å²) in [5.74, 6) is 2.13. The molecule has 0 amide bonds. The van der Waals surface area contributed by atoms with E-state index in [0.717, 1.165) is 32.0 Å². The number of carbonyl (C=O) groups excluding carboxylic acids is 1. The summed E-state index contributed by atoms with van der Waals surface area (Å²) in [5, 5.41) is 0.902. The van der Waals surface area contributed by atoms with Gasteiger partial charge in [-0.1, -0.05) is 0 Å². The molecule has 4 rings (SSSR count). The van der Waals surface area contributed by atoms with Gasteiger partial charge in [0.25, 0.3) is 0 Å². The van der Waals surface area contributed by atoms with Crippen molar-refractivity contribution in [3.63, 3.8) is 0 Å². The van der Waals surface area contributed by atoms with E-state index in [1.54, 1.807) is 49.8 Å². The van der Waals surface area contributed by atoms with Gasteiger partial charge in [0.1, 0.15) is 17.2 Å². The van der Waals surface area contributed by atoms with Crippen molar-refractivity contribution in [2.24, 2.45) is 0 Å². The molecule has 1 heterocycles. The van der Waals surface area contributed by atoms with E-state index in [2.05, 4.69) is 0 Å². The Morgan fingerprint density at radius 1 is 0.829 bits per heavy atom. The summed E-state index contributed by atoms with van der Waals surface area (Å²) in [5.41, 5.74) is 1.92. The van der Waals surface area contributed by atoms with Crippen molar-refractivity contribution in [1.82, 2.24) is 0 Å². The van der Waals surface area contributed by atoms with Gasteiger partial charge in [0.05, 0.1) is 19.8 Å². The molecule has 0 radical (unpaired) electrons. The summed E-state index contributed by atoms with van der Waals surface area (Å²) >= 11 is 1.58. The third-order valence-electron chi connectivity index (χ3n) is 5.41. The minimum Gasteiger partial charge on any atom is -0.497 e. The van der Waals surface area contributed by atoms with Crippen LogP contribution in [0.3, 0.4) is 0 Å². The number of methoxy groups -OCH3 is 2. The van der Waals surface area contributed by atoms with Crippen LogP contribution in [-0.2, 0) is 4.74 Å². The number of rotatable bonds is 8. The zero-order valence-corrected chi connectivity index (χ0v) is 21.7. The first-order valence-corrected chi connectivity index (χ1v) is 12.2. The molecule has 0 aliphatic rings. The third kappa shape index (κ3) is 5.66. The topological polar surface area (TPSA) is 54.0 Å². The Bertz CT molecular complexity index is 1310. The minimum absolute atomic E-state index is 0.0437. The van der Waals surface area contributed by atoms with Crippen LogP contribution in [-0.4, -0.2) is 31.9 Å². The van der Waals surface area contributed by atoms with Gasteiger partial charge in [-0.15, -0.1) is 11.3 Å². The summed E-state index contributed by atoms with van der Waals surface area (Å²) in [6.07, 6.45) is -0.408. The van der Waals surface area contributed by atoms with Gasteiger partial charge in [-0.25, -0.2) is 0 Å². The molecule has 0 bridgehead atoms. The summed E-state index contributed by atoms with van der Waals surface area (Å²) in [6, 6.07) is 20.8. The van der Waals surface area contributed by atoms with Gasteiger partial charge in [-0.05, 0) is 100.0 Å². The van der Waals surface area contributed by atoms with E-state index in [4.69, 9.17) is 18.9 Å². The first kappa shape index (κ1) is 24.8. The molecule has 1 unspecified atom stereocenters. The molecular weight excluding hydrogens is 460 g/mol. The van der Waals surface area contributed by atoms with Gasteiger partial charge < -0.3 is 18.9 Å². The molecule has 35 heavy (non-hydrogen) atoms. The molecule has 0 N–H and O–H groups in total. The fourth-order valence-electron chi connectivity index (χ4n) is 3.92. The number of ether oxygens (including phenoxy) is 4. The van der Waals surface area contributed by atoms with Crippen LogP contribution in [0.5, 0.6) is 17.2 Å². The standard InChI is InChI=1S/C29H30O5S/c1-18(34-29(2,3)4)33-22-13-7-19(8-14-22)27(30)26-24-16-15-23(32-6)17-25(24)35-28(26)20-9-11-21(31-5)12-10-20/h7-18H,1-6H3. The summed E-state index contributed by atoms with van der Waals surface area (Å²) in [6.45, 7) is 7.80. The lowest BCUT2D eigenvalue weighted by molar-refractivity contribution is -0.140. The second kappa shape index (κ2) is 10.1. The average Bonchev–Trinajstić information content (AvgIpc) is 3.21. The molecule has 0 saturated heterocycles. The van der Waals surface area contributed by atoms with Crippen molar-refractivity contribution < 1.29 is 23.7 Å². The summed E-state index contributed by atoms with van der Waals surface area (Å²) in [7, 11) is 3.28. The Kier molecular flexibility index (Phi) is 7.15. The molecule has 4 aromatic rings. The molecule has 0 aliphatic heterocycles. The van der Waals surface area contributed by atoms with E-state index in [1.807, 2.05) is 70.2 Å². The molecule has 0 fully saturated rings. The maximum Gasteiger partial charge on any atom is 0.197 e. The first-order valence-electron chi connectivity index (χ1n) is 11.4. The van der Waals surface area contributed by atoms with E-state index in [-0.39, 0.29) is 11.4 Å². The number of thiophene rings is 1. The van der Waals surface area contributed by atoms with Crippen LogP contribution in [0.4, 0.5) is 0 Å². The number of hydrogen-bond acceptors (Lipinski definition) is 6. The predicted molar refractivity (Wildman–Crippen MR) is 141 cm³/mol. The fourth-order valence-corrected chi connectivity index (χ4v) is 5.15. The predicted octanol–water partition coefficient (Wildman–Crippen LogP) is 7.36. The van der Waals surface area contributed by atoms with Gasteiger partial charge >= 0.3 is 0 Å². The highest BCUT2D eigenvalue weighted by Gasteiger charge is 2.22. The Morgan fingerprint density at radius 2 is 1.43 bits per heavy atom. The molecule has 1 aromatic heterocycles. The van der Waals surface area contributed by atoms with Crippen LogP contribution in [0.15, 0.2) is 66.7 Å². The van der Waals surface area contributed by atoms with E-state index in [0.29, 0.717) is 16.9 Å². The van der Waals surface area contributed by atoms with Crippen LogP contribution < -0.4 is 14.2 Å². The molecular formula is C29H30O5S. The smallest absolute Gasteiger partial charge is 0.197 e. The maximum atomic E-state index is 13.8. The Hall–Kier alpha value is -3.35. The van der Waals surface area contributed by atoms with E-state index in [9.17, 15) is 4.79 Å². The zero-order chi connectivity index (χ0) is 25.2. The second-order valence-corrected chi connectivity index (χ2v) is 10.2. The van der Waals surface area contributed by atoms with E-state index in [1.165, 1.54) is 0 Å². The lowest BCUT2D eigenvalue weighted by Gasteiger charge is -2.25. The number of carbonyl (C=O) groups is 1. The monoisotopic (exact) mass is 490 g/mol. The van der Waals surface area contributed by atoms with Crippen molar-refractivity contribution in [2.75, 3.05) is 14.2 Å². The van der Waals surface area contributed by atoms with Crippen LogP contribution in [0, 0.1) is 0 Å². The number of benzene rings is 3. The van der Waals surface area contributed by atoms with Crippen molar-refractivity contribution in [3.05, 3.63) is 77.9 Å². The summed E-state index contributed by atoms with van der Waals surface area (Å²) in [4.78, 5) is 14.7. The largest absolute Gasteiger partial charge is 0.497 e. The molecule has 5 nitrogen and oxygen atoms in total. The van der Waals surface area contributed by atoms with Crippen LogP contribution >= 0.6 is 11.3 Å². The van der Waals surface area contributed by atoms with Crippen LogP contribution in [0.25, 0.3) is 20.5 Å². The molecule has 0 aliphatic carbocycles.